The Morgan fingerprint density at radius 2 is 2.41 bits per heavy atom. The van der Waals surface area contributed by atoms with Crippen molar-refractivity contribution in [2.75, 3.05) is 6.61 Å². The van der Waals surface area contributed by atoms with Crippen LogP contribution in [0.25, 0.3) is 0 Å². The highest BCUT2D eigenvalue weighted by Crippen LogP contribution is 2.49. The minimum atomic E-state index is -0.682. The van der Waals surface area contributed by atoms with Gasteiger partial charge in [-0.1, -0.05) is 0 Å². The van der Waals surface area contributed by atoms with Crippen LogP contribution in [0.3, 0.4) is 0 Å². The van der Waals surface area contributed by atoms with Crippen LogP contribution in [-0.2, 0) is 16.0 Å². The van der Waals surface area contributed by atoms with E-state index >= 15 is 0 Å². The molecule has 0 spiro atoms. The average Bonchev–Trinajstić information content (AvgIpc) is 2.86. The third kappa shape index (κ3) is 1.89. The third-order valence-corrected chi connectivity index (χ3v) is 4.70. The Balaban J connectivity index is 1.88. The van der Waals surface area contributed by atoms with Gasteiger partial charge < -0.3 is 9.84 Å². The summed E-state index contributed by atoms with van der Waals surface area (Å²) < 4.78 is 5.73. The summed E-state index contributed by atoms with van der Waals surface area (Å²) in [6, 6.07) is 2.03. The van der Waals surface area contributed by atoms with Crippen molar-refractivity contribution in [1.29, 1.82) is 0 Å². The molecule has 1 saturated heterocycles. The fraction of sp³-hybridized carbons (Fsp3) is 0.615. The number of rotatable bonds is 4. The van der Waals surface area contributed by atoms with E-state index in [0.29, 0.717) is 25.4 Å². The van der Waals surface area contributed by atoms with Crippen LogP contribution in [0.1, 0.15) is 24.8 Å². The zero-order chi connectivity index (χ0) is 11.9. The van der Waals surface area contributed by atoms with Crippen molar-refractivity contribution in [3.8, 4) is 0 Å². The van der Waals surface area contributed by atoms with Gasteiger partial charge in [-0.15, -0.1) is 0 Å². The molecule has 1 aromatic rings. The van der Waals surface area contributed by atoms with Crippen LogP contribution in [-0.4, -0.2) is 23.8 Å². The molecule has 2 heterocycles. The largest absolute Gasteiger partial charge is 0.481 e. The van der Waals surface area contributed by atoms with Gasteiger partial charge in [0.1, 0.15) is 5.41 Å². The number of carbonyl (C=O) groups is 1. The second-order valence-electron chi connectivity index (χ2n) is 5.15. The normalized spacial score (nSPS) is 32.8. The number of carboxylic acids is 1. The summed E-state index contributed by atoms with van der Waals surface area (Å²) in [6.07, 6.45) is 3.46. The van der Waals surface area contributed by atoms with Crippen LogP contribution in [0.2, 0.25) is 0 Å². The van der Waals surface area contributed by atoms with Gasteiger partial charge in [-0.2, -0.15) is 11.3 Å². The van der Waals surface area contributed by atoms with Gasteiger partial charge in [0.2, 0.25) is 0 Å². The quantitative estimate of drug-likeness (QED) is 0.895. The zero-order valence-electron chi connectivity index (χ0n) is 9.59. The molecular formula is C13H16O3S. The van der Waals surface area contributed by atoms with Crippen molar-refractivity contribution in [2.45, 2.75) is 31.8 Å². The molecular weight excluding hydrogens is 236 g/mol. The van der Waals surface area contributed by atoms with Crippen LogP contribution in [0.4, 0.5) is 0 Å². The summed E-state index contributed by atoms with van der Waals surface area (Å²) in [5, 5.41) is 13.7. The first-order valence-corrected chi connectivity index (χ1v) is 7.03. The van der Waals surface area contributed by atoms with E-state index in [4.69, 9.17) is 4.74 Å². The molecule has 3 nitrogen and oxygen atoms in total. The van der Waals surface area contributed by atoms with Gasteiger partial charge in [-0.25, -0.2) is 0 Å². The number of carboxylic acid groups (broad SMARTS) is 1. The summed E-state index contributed by atoms with van der Waals surface area (Å²) >= 11 is 1.62. The number of hydrogen-bond acceptors (Lipinski definition) is 3. The maximum absolute atomic E-state index is 11.7. The van der Waals surface area contributed by atoms with Gasteiger partial charge in [0.05, 0.1) is 6.10 Å². The molecule has 1 aliphatic heterocycles. The fourth-order valence-electron chi connectivity index (χ4n) is 2.91. The summed E-state index contributed by atoms with van der Waals surface area (Å²) in [5.41, 5.74) is 0.455. The third-order valence-electron chi connectivity index (χ3n) is 3.97. The predicted molar refractivity (Wildman–Crippen MR) is 65.2 cm³/mol. The molecule has 2 unspecified atom stereocenters. The Kier molecular flexibility index (Phi) is 2.71. The summed E-state index contributed by atoms with van der Waals surface area (Å²) in [6.45, 7) is 0.595. The molecule has 1 saturated carbocycles. The number of thiophene rings is 1. The zero-order valence-corrected chi connectivity index (χ0v) is 10.4. The molecule has 17 heavy (non-hydrogen) atoms. The van der Waals surface area contributed by atoms with Crippen molar-refractivity contribution >= 4 is 17.3 Å². The molecule has 2 fully saturated rings. The topological polar surface area (TPSA) is 46.5 Å². The fourth-order valence-corrected chi connectivity index (χ4v) is 3.58. The average molecular weight is 252 g/mol. The van der Waals surface area contributed by atoms with Crippen molar-refractivity contribution in [3.05, 3.63) is 22.4 Å². The van der Waals surface area contributed by atoms with Gasteiger partial charge >= 0.3 is 5.97 Å². The van der Waals surface area contributed by atoms with Gasteiger partial charge in [0, 0.05) is 6.61 Å². The van der Waals surface area contributed by atoms with Gasteiger partial charge in [0.15, 0.2) is 0 Å². The molecule has 0 radical (unpaired) electrons. The molecule has 0 bridgehead atoms. The first-order valence-electron chi connectivity index (χ1n) is 6.08. The molecule has 2 atom stereocenters. The van der Waals surface area contributed by atoms with E-state index in [2.05, 4.69) is 0 Å². The number of aliphatic carboxylic acids is 1. The molecule has 1 N–H and O–H groups in total. The van der Waals surface area contributed by atoms with Crippen LogP contribution in [0, 0.1) is 11.3 Å². The predicted octanol–water partition coefficient (Wildman–Crippen LogP) is 2.56. The first-order chi connectivity index (χ1) is 8.22. The molecule has 1 aromatic heterocycles. The molecule has 1 aliphatic carbocycles. The minimum Gasteiger partial charge on any atom is -0.481 e. The first kappa shape index (κ1) is 11.2. The van der Waals surface area contributed by atoms with Crippen LogP contribution >= 0.6 is 11.3 Å². The standard InChI is InChI=1S/C13H16O3S/c14-12(15)13(7-9-3-6-17-8-9)4-5-16-11(13)10-1-2-10/h3,6,8,10-11H,1-2,4-5,7H2,(H,14,15). The molecule has 92 valence electrons. The highest BCUT2D eigenvalue weighted by Gasteiger charge is 2.55. The monoisotopic (exact) mass is 252 g/mol. The van der Waals surface area contributed by atoms with Crippen molar-refractivity contribution < 1.29 is 14.6 Å². The van der Waals surface area contributed by atoms with Gasteiger partial charge in [-0.3, -0.25) is 4.79 Å². The highest BCUT2D eigenvalue weighted by molar-refractivity contribution is 7.07. The Labute approximate surface area is 104 Å². The van der Waals surface area contributed by atoms with Crippen LogP contribution in [0.15, 0.2) is 16.8 Å². The van der Waals surface area contributed by atoms with E-state index in [0.717, 1.165) is 18.4 Å². The Bertz CT molecular complexity index is 410. The lowest BCUT2D eigenvalue weighted by molar-refractivity contribution is -0.153. The lowest BCUT2D eigenvalue weighted by Gasteiger charge is -2.29. The van der Waals surface area contributed by atoms with E-state index in [-0.39, 0.29) is 6.10 Å². The van der Waals surface area contributed by atoms with Crippen LogP contribution < -0.4 is 0 Å². The molecule has 4 heteroatoms. The Morgan fingerprint density at radius 1 is 1.59 bits per heavy atom. The van der Waals surface area contributed by atoms with E-state index in [1.807, 2.05) is 16.8 Å². The minimum absolute atomic E-state index is 0.0695. The highest BCUT2D eigenvalue weighted by atomic mass is 32.1. The number of ether oxygens (including phenoxy) is 1. The van der Waals surface area contributed by atoms with E-state index in [9.17, 15) is 9.90 Å². The van der Waals surface area contributed by atoms with Gasteiger partial charge in [-0.05, 0) is 54.0 Å². The van der Waals surface area contributed by atoms with E-state index in [1.165, 1.54) is 0 Å². The summed E-state index contributed by atoms with van der Waals surface area (Å²) in [4.78, 5) is 11.7. The van der Waals surface area contributed by atoms with Crippen LogP contribution in [0.5, 0.6) is 0 Å². The summed E-state index contributed by atoms with van der Waals surface area (Å²) in [5.74, 6) is -0.203. The van der Waals surface area contributed by atoms with Crippen molar-refractivity contribution in [2.24, 2.45) is 11.3 Å². The SMILES string of the molecule is O=C(O)C1(Cc2ccsc2)CCOC1C1CC1. The molecule has 3 rings (SSSR count). The summed E-state index contributed by atoms with van der Waals surface area (Å²) in [7, 11) is 0. The van der Waals surface area contributed by atoms with Gasteiger partial charge in [0.25, 0.3) is 0 Å². The smallest absolute Gasteiger partial charge is 0.312 e. The molecule has 0 aromatic carbocycles. The lowest BCUT2D eigenvalue weighted by Crippen LogP contribution is -2.42. The maximum atomic E-state index is 11.7. The van der Waals surface area contributed by atoms with E-state index < -0.39 is 11.4 Å². The number of hydrogen-bond donors (Lipinski definition) is 1. The molecule has 2 aliphatic rings. The van der Waals surface area contributed by atoms with Crippen molar-refractivity contribution in [1.82, 2.24) is 0 Å². The van der Waals surface area contributed by atoms with Crippen molar-refractivity contribution in [3.63, 3.8) is 0 Å². The Hall–Kier alpha value is -0.870. The second-order valence-corrected chi connectivity index (χ2v) is 5.93. The second kappa shape index (κ2) is 4.10. The van der Waals surface area contributed by atoms with E-state index in [1.54, 1.807) is 11.3 Å². The Morgan fingerprint density at radius 3 is 3.00 bits per heavy atom. The lowest BCUT2D eigenvalue weighted by atomic mass is 9.74. The molecule has 0 amide bonds. The maximum Gasteiger partial charge on any atom is 0.312 e.